The van der Waals surface area contributed by atoms with Crippen molar-refractivity contribution in [2.24, 2.45) is 0 Å². The van der Waals surface area contributed by atoms with Gasteiger partial charge in [0, 0.05) is 18.3 Å². The van der Waals surface area contributed by atoms with Crippen LogP contribution in [0.3, 0.4) is 0 Å². The number of hydrogen-bond acceptors (Lipinski definition) is 3. The number of aromatic nitrogens is 3. The molecule has 2 rings (SSSR count). The van der Waals surface area contributed by atoms with E-state index >= 15 is 0 Å². The summed E-state index contributed by atoms with van der Waals surface area (Å²) in [4.78, 5) is 0. The molecule has 0 aliphatic carbocycles. The molecule has 0 aliphatic rings. The van der Waals surface area contributed by atoms with E-state index in [1.165, 1.54) is 12.4 Å². The van der Waals surface area contributed by atoms with Crippen molar-refractivity contribution in [3.8, 4) is 11.4 Å². The Bertz CT molecular complexity index is 403. The first-order chi connectivity index (χ1) is 6.38. The molecule has 0 aromatic carbocycles. The zero-order valence-corrected chi connectivity index (χ0v) is 6.79. The Labute approximate surface area is 75.1 Å². The van der Waals surface area contributed by atoms with Crippen LogP contribution in [0.4, 0.5) is 0 Å². The Hall–Kier alpha value is -1.97. The van der Waals surface area contributed by atoms with E-state index in [4.69, 9.17) is 0 Å². The molecule has 64 valence electrons. The largest absolute Gasteiger partial charge is 0.867 e. The van der Waals surface area contributed by atoms with Crippen LogP contribution in [0.15, 0.2) is 43.0 Å². The highest BCUT2D eigenvalue weighted by Crippen LogP contribution is 2.07. The summed E-state index contributed by atoms with van der Waals surface area (Å²) in [6, 6.07) is 5.58. The van der Waals surface area contributed by atoms with E-state index in [1.54, 1.807) is 17.0 Å². The molecule has 0 atom stereocenters. The Morgan fingerprint density at radius 1 is 1.00 bits per heavy atom. The Morgan fingerprint density at radius 2 is 1.69 bits per heavy atom. The van der Waals surface area contributed by atoms with Crippen LogP contribution >= 0.6 is 0 Å². The van der Waals surface area contributed by atoms with Gasteiger partial charge in [0.15, 0.2) is 12.4 Å². The molecule has 0 N–H and O–H groups in total. The minimum atomic E-state index is -0.133. The molecule has 0 radical (unpaired) electrons. The van der Waals surface area contributed by atoms with Crippen molar-refractivity contribution in [1.29, 1.82) is 0 Å². The van der Waals surface area contributed by atoms with Gasteiger partial charge in [0.2, 0.25) is 5.69 Å². The maximum Gasteiger partial charge on any atom is 0.224 e. The lowest BCUT2D eigenvalue weighted by molar-refractivity contribution is -0.600. The van der Waals surface area contributed by atoms with E-state index in [1.807, 2.05) is 18.2 Å². The molecule has 0 saturated carbocycles. The molecule has 2 aromatic heterocycles. The Balaban J connectivity index is 2.54. The molecule has 2 aromatic rings. The maximum absolute atomic E-state index is 11.3. The number of nitrogens with zero attached hydrogens (tertiary/aromatic N) is 3. The van der Waals surface area contributed by atoms with Crippen LogP contribution in [0.2, 0.25) is 0 Å². The van der Waals surface area contributed by atoms with E-state index in [0.29, 0.717) is 5.69 Å². The second kappa shape index (κ2) is 3.18. The third-order valence-corrected chi connectivity index (χ3v) is 1.67. The zero-order chi connectivity index (χ0) is 9.10. The van der Waals surface area contributed by atoms with Crippen molar-refractivity contribution in [3.63, 3.8) is 0 Å². The first kappa shape index (κ1) is 7.67. The van der Waals surface area contributed by atoms with Crippen LogP contribution in [0, 0.1) is 0 Å². The minimum Gasteiger partial charge on any atom is -0.867 e. The fraction of sp³-hybridized carbons (Fsp3) is 0. The maximum atomic E-state index is 11.3. The second-order valence-electron chi connectivity index (χ2n) is 2.52. The van der Waals surface area contributed by atoms with E-state index in [2.05, 4.69) is 10.2 Å². The van der Waals surface area contributed by atoms with Gasteiger partial charge in [-0.05, 0) is 5.75 Å². The lowest BCUT2D eigenvalue weighted by atomic mass is 10.4. The monoisotopic (exact) mass is 173 g/mol. The lowest BCUT2D eigenvalue weighted by Gasteiger charge is -2.04. The van der Waals surface area contributed by atoms with E-state index < -0.39 is 0 Å². The van der Waals surface area contributed by atoms with Crippen molar-refractivity contribution in [2.75, 3.05) is 0 Å². The molecule has 0 fully saturated rings. The van der Waals surface area contributed by atoms with E-state index in [9.17, 15) is 5.11 Å². The van der Waals surface area contributed by atoms with E-state index in [-0.39, 0.29) is 5.75 Å². The SMILES string of the molecule is [O-]c1cnncc1-[n+]1ccccc1. The number of pyridine rings is 1. The van der Waals surface area contributed by atoms with Crippen LogP contribution in [-0.4, -0.2) is 10.2 Å². The molecule has 2 heterocycles. The van der Waals surface area contributed by atoms with Crippen LogP contribution in [0.5, 0.6) is 5.75 Å². The van der Waals surface area contributed by atoms with Crippen molar-refractivity contribution < 1.29 is 9.67 Å². The molecule has 0 bridgehead atoms. The average Bonchev–Trinajstić information content (AvgIpc) is 2.20. The molecule has 0 spiro atoms. The number of hydrogen-bond donors (Lipinski definition) is 0. The quantitative estimate of drug-likeness (QED) is 0.562. The summed E-state index contributed by atoms with van der Waals surface area (Å²) in [5, 5.41) is 18.4. The van der Waals surface area contributed by atoms with Crippen molar-refractivity contribution in [3.05, 3.63) is 43.0 Å². The fourth-order valence-corrected chi connectivity index (χ4v) is 1.06. The predicted molar refractivity (Wildman–Crippen MR) is 43.0 cm³/mol. The van der Waals surface area contributed by atoms with Crippen molar-refractivity contribution in [2.45, 2.75) is 0 Å². The average molecular weight is 173 g/mol. The highest BCUT2D eigenvalue weighted by Gasteiger charge is 2.04. The standard InChI is InChI=1S/C9H7N3O/c13-9-7-11-10-6-8(9)12-4-2-1-3-5-12/h1-7H. The van der Waals surface area contributed by atoms with Gasteiger partial charge < -0.3 is 5.11 Å². The highest BCUT2D eigenvalue weighted by atomic mass is 16.3. The van der Waals surface area contributed by atoms with Gasteiger partial charge in [-0.1, -0.05) is 6.07 Å². The number of rotatable bonds is 1. The summed E-state index contributed by atoms with van der Waals surface area (Å²) in [5.74, 6) is -0.133. The molecule has 0 saturated heterocycles. The van der Waals surface area contributed by atoms with Crippen molar-refractivity contribution >= 4 is 0 Å². The van der Waals surface area contributed by atoms with E-state index in [0.717, 1.165) is 0 Å². The van der Waals surface area contributed by atoms with Gasteiger partial charge in [0.25, 0.3) is 0 Å². The highest BCUT2D eigenvalue weighted by molar-refractivity contribution is 5.31. The van der Waals surface area contributed by atoms with Crippen LogP contribution in [-0.2, 0) is 0 Å². The summed E-state index contributed by atoms with van der Waals surface area (Å²) in [6.45, 7) is 0. The summed E-state index contributed by atoms with van der Waals surface area (Å²) < 4.78 is 1.71. The van der Waals surface area contributed by atoms with Crippen molar-refractivity contribution in [1.82, 2.24) is 10.2 Å². The third-order valence-electron chi connectivity index (χ3n) is 1.67. The summed E-state index contributed by atoms with van der Waals surface area (Å²) >= 11 is 0. The van der Waals surface area contributed by atoms with Crippen LogP contribution in [0.1, 0.15) is 0 Å². The Morgan fingerprint density at radius 3 is 2.38 bits per heavy atom. The normalized spacial score (nSPS) is 9.85. The van der Waals surface area contributed by atoms with Gasteiger partial charge >= 0.3 is 0 Å². The first-order valence-corrected chi connectivity index (χ1v) is 3.82. The molecule has 4 heteroatoms. The molecule has 13 heavy (non-hydrogen) atoms. The summed E-state index contributed by atoms with van der Waals surface area (Å²) in [5.41, 5.74) is 0.510. The molecule has 0 unspecified atom stereocenters. The van der Waals surface area contributed by atoms with Gasteiger partial charge in [0.1, 0.15) is 6.20 Å². The third kappa shape index (κ3) is 1.46. The van der Waals surface area contributed by atoms with Gasteiger partial charge in [0.05, 0.1) is 0 Å². The van der Waals surface area contributed by atoms with Gasteiger partial charge in [-0.2, -0.15) is 14.8 Å². The molecular formula is C9H7N3O. The Kier molecular flexibility index (Phi) is 1.88. The molecule has 0 aliphatic heterocycles. The topological polar surface area (TPSA) is 52.7 Å². The van der Waals surface area contributed by atoms with Gasteiger partial charge in [-0.3, -0.25) is 0 Å². The summed E-state index contributed by atoms with van der Waals surface area (Å²) in [6.07, 6.45) is 6.23. The molecule has 4 nitrogen and oxygen atoms in total. The summed E-state index contributed by atoms with van der Waals surface area (Å²) in [7, 11) is 0. The lowest BCUT2D eigenvalue weighted by Crippen LogP contribution is -2.30. The van der Waals surface area contributed by atoms with Crippen LogP contribution < -0.4 is 9.67 Å². The second-order valence-corrected chi connectivity index (χ2v) is 2.52. The molecule has 0 amide bonds. The minimum absolute atomic E-state index is 0.133. The van der Waals surface area contributed by atoms with Gasteiger partial charge in [-0.25, -0.2) is 0 Å². The van der Waals surface area contributed by atoms with Crippen LogP contribution in [0.25, 0.3) is 5.69 Å². The van der Waals surface area contributed by atoms with Gasteiger partial charge in [-0.15, -0.1) is 0 Å². The first-order valence-electron chi connectivity index (χ1n) is 3.82. The fourth-order valence-electron chi connectivity index (χ4n) is 1.06. The zero-order valence-electron chi connectivity index (χ0n) is 6.79. The predicted octanol–water partition coefficient (Wildman–Crippen LogP) is -0.173. The smallest absolute Gasteiger partial charge is 0.224 e. The molecular weight excluding hydrogens is 166 g/mol.